The van der Waals surface area contributed by atoms with Gasteiger partial charge < -0.3 is 5.11 Å². The van der Waals surface area contributed by atoms with E-state index in [1.807, 2.05) is 0 Å². The second-order valence-corrected chi connectivity index (χ2v) is 6.42. The molecule has 0 aliphatic heterocycles. The van der Waals surface area contributed by atoms with Crippen LogP contribution in [0.1, 0.15) is 41.5 Å². The lowest BCUT2D eigenvalue weighted by Gasteiger charge is -2.16. The van der Waals surface area contributed by atoms with Crippen LogP contribution in [0.5, 0.6) is 0 Å². The van der Waals surface area contributed by atoms with Gasteiger partial charge in [-0.2, -0.15) is 13.2 Å². The summed E-state index contributed by atoms with van der Waals surface area (Å²) in [5, 5.41) is 9.14. The molecule has 0 amide bonds. The van der Waals surface area contributed by atoms with Gasteiger partial charge in [-0.1, -0.05) is 29.8 Å². The molecule has 3 rings (SSSR count). The molecule has 0 fully saturated rings. The van der Waals surface area contributed by atoms with Crippen molar-refractivity contribution in [3.63, 3.8) is 0 Å². The molecule has 1 atom stereocenters. The molecule has 1 unspecified atom stereocenters. The van der Waals surface area contributed by atoms with Crippen molar-refractivity contribution in [3.8, 4) is 0 Å². The van der Waals surface area contributed by atoms with Crippen molar-refractivity contribution < 1.29 is 27.5 Å². The van der Waals surface area contributed by atoms with Crippen LogP contribution >= 0.6 is 0 Å². The third-order valence-corrected chi connectivity index (χ3v) is 4.74. The lowest BCUT2D eigenvalue weighted by molar-refractivity contribution is -0.138. The summed E-state index contributed by atoms with van der Waals surface area (Å²) in [7, 11) is 0. The Labute approximate surface area is 147 Å². The van der Waals surface area contributed by atoms with Gasteiger partial charge in [-0.25, -0.2) is 4.39 Å². The third-order valence-electron chi connectivity index (χ3n) is 4.74. The average molecular weight is 364 g/mol. The van der Waals surface area contributed by atoms with Gasteiger partial charge in [-0.3, -0.25) is 4.79 Å². The minimum Gasteiger partial charge on any atom is -0.481 e. The first-order chi connectivity index (χ1) is 12.2. The van der Waals surface area contributed by atoms with Gasteiger partial charge in [0, 0.05) is 5.92 Å². The zero-order valence-corrected chi connectivity index (χ0v) is 13.9. The van der Waals surface area contributed by atoms with Gasteiger partial charge in [0.25, 0.3) is 0 Å². The quantitative estimate of drug-likeness (QED) is 0.734. The number of allylic oxidation sites excluding steroid dienone is 1. The highest BCUT2D eigenvalue weighted by Gasteiger charge is 2.32. The average Bonchev–Trinajstić information content (AvgIpc) is 2.79. The fourth-order valence-corrected chi connectivity index (χ4v) is 3.51. The van der Waals surface area contributed by atoms with E-state index in [1.165, 1.54) is 18.2 Å². The first-order valence-corrected chi connectivity index (χ1v) is 8.04. The SMILES string of the molecule is CC1=C(CC(=O)O)c2cc(F)ccc2C1Cc1cccc(C(F)(F)F)c1. The van der Waals surface area contributed by atoms with Crippen LogP contribution in [0.15, 0.2) is 48.0 Å². The number of carbonyl (C=O) groups is 1. The van der Waals surface area contributed by atoms with Gasteiger partial charge in [-0.05, 0) is 53.8 Å². The summed E-state index contributed by atoms with van der Waals surface area (Å²) in [4.78, 5) is 11.2. The lowest BCUT2D eigenvalue weighted by atomic mass is 9.89. The first kappa shape index (κ1) is 18.2. The Kier molecular flexibility index (Phi) is 4.61. The van der Waals surface area contributed by atoms with E-state index in [4.69, 9.17) is 5.11 Å². The van der Waals surface area contributed by atoms with E-state index in [2.05, 4.69) is 0 Å². The normalized spacial score (nSPS) is 16.7. The second kappa shape index (κ2) is 6.59. The Bertz CT molecular complexity index is 897. The largest absolute Gasteiger partial charge is 0.481 e. The van der Waals surface area contributed by atoms with E-state index in [0.717, 1.165) is 23.3 Å². The summed E-state index contributed by atoms with van der Waals surface area (Å²) >= 11 is 0. The molecule has 1 N–H and O–H groups in total. The van der Waals surface area contributed by atoms with Crippen LogP contribution in [-0.2, 0) is 17.4 Å². The molecule has 2 aromatic rings. The van der Waals surface area contributed by atoms with Crippen molar-refractivity contribution in [3.05, 3.63) is 76.1 Å². The zero-order valence-electron chi connectivity index (χ0n) is 13.9. The number of fused-ring (bicyclic) bond motifs is 1. The van der Waals surface area contributed by atoms with Gasteiger partial charge in [0.1, 0.15) is 5.82 Å². The molecule has 0 heterocycles. The monoisotopic (exact) mass is 364 g/mol. The van der Waals surface area contributed by atoms with Crippen LogP contribution in [0.2, 0.25) is 0 Å². The number of alkyl halides is 3. The molecular weight excluding hydrogens is 348 g/mol. The number of halogens is 4. The summed E-state index contributed by atoms with van der Waals surface area (Å²) in [6.45, 7) is 1.76. The maximum Gasteiger partial charge on any atom is 0.416 e. The topological polar surface area (TPSA) is 37.3 Å². The van der Waals surface area contributed by atoms with Crippen LogP contribution in [0, 0.1) is 5.82 Å². The Hall–Kier alpha value is -2.63. The molecular formula is C20H16F4O2. The molecule has 136 valence electrons. The molecule has 26 heavy (non-hydrogen) atoms. The molecule has 2 nitrogen and oxygen atoms in total. The smallest absolute Gasteiger partial charge is 0.416 e. The Morgan fingerprint density at radius 1 is 1.15 bits per heavy atom. The van der Waals surface area contributed by atoms with Gasteiger partial charge in [0.2, 0.25) is 0 Å². The van der Waals surface area contributed by atoms with Crippen LogP contribution in [-0.4, -0.2) is 11.1 Å². The number of hydrogen-bond acceptors (Lipinski definition) is 1. The highest BCUT2D eigenvalue weighted by Crippen LogP contribution is 2.45. The molecule has 6 heteroatoms. The van der Waals surface area contributed by atoms with Crippen molar-refractivity contribution in [2.75, 3.05) is 0 Å². The van der Waals surface area contributed by atoms with Gasteiger partial charge in [0.05, 0.1) is 12.0 Å². The van der Waals surface area contributed by atoms with Gasteiger partial charge in [0.15, 0.2) is 0 Å². The number of hydrogen-bond donors (Lipinski definition) is 1. The van der Waals surface area contributed by atoms with Crippen molar-refractivity contribution in [2.45, 2.75) is 31.9 Å². The minimum atomic E-state index is -4.42. The van der Waals surface area contributed by atoms with Gasteiger partial charge >= 0.3 is 12.1 Å². The Morgan fingerprint density at radius 3 is 2.54 bits per heavy atom. The molecule has 0 saturated carbocycles. The third kappa shape index (κ3) is 3.49. The van der Waals surface area contributed by atoms with Crippen LogP contribution < -0.4 is 0 Å². The summed E-state index contributed by atoms with van der Waals surface area (Å²) in [5.74, 6) is -1.78. The van der Waals surface area contributed by atoms with E-state index < -0.39 is 23.5 Å². The molecule has 1 aliphatic rings. The molecule has 0 saturated heterocycles. The summed E-state index contributed by atoms with van der Waals surface area (Å²) in [6, 6.07) is 9.25. The Balaban J connectivity index is 2.00. The predicted molar refractivity (Wildman–Crippen MR) is 89.1 cm³/mol. The van der Waals surface area contributed by atoms with E-state index in [1.54, 1.807) is 19.1 Å². The van der Waals surface area contributed by atoms with Gasteiger partial charge in [-0.15, -0.1) is 0 Å². The number of aliphatic carboxylic acids is 1. The second-order valence-electron chi connectivity index (χ2n) is 6.42. The fourth-order valence-electron chi connectivity index (χ4n) is 3.51. The maximum atomic E-state index is 13.6. The number of rotatable bonds is 4. The van der Waals surface area contributed by atoms with Crippen LogP contribution in [0.25, 0.3) is 5.57 Å². The van der Waals surface area contributed by atoms with Crippen molar-refractivity contribution >= 4 is 11.5 Å². The number of carboxylic acids is 1. The van der Waals surface area contributed by atoms with E-state index in [-0.39, 0.29) is 18.8 Å². The highest BCUT2D eigenvalue weighted by molar-refractivity contribution is 5.89. The van der Waals surface area contributed by atoms with Crippen LogP contribution in [0.4, 0.5) is 17.6 Å². The van der Waals surface area contributed by atoms with E-state index in [9.17, 15) is 22.4 Å². The lowest BCUT2D eigenvalue weighted by Crippen LogP contribution is -2.07. The van der Waals surface area contributed by atoms with Crippen LogP contribution in [0.3, 0.4) is 0 Å². The van der Waals surface area contributed by atoms with Crippen molar-refractivity contribution in [2.24, 2.45) is 0 Å². The molecule has 0 radical (unpaired) electrons. The van der Waals surface area contributed by atoms with Crippen molar-refractivity contribution in [1.82, 2.24) is 0 Å². The molecule has 0 bridgehead atoms. The van der Waals surface area contributed by atoms with E-state index in [0.29, 0.717) is 16.7 Å². The standard InChI is InChI=1S/C20H16F4O2/c1-11-16(8-12-3-2-4-13(7-12)20(22,23)24)15-6-5-14(21)9-18(15)17(11)10-19(25)26/h2-7,9,16H,8,10H2,1H3,(H,25,26). The molecule has 0 aromatic heterocycles. The highest BCUT2D eigenvalue weighted by atomic mass is 19.4. The molecule has 0 spiro atoms. The summed E-state index contributed by atoms with van der Waals surface area (Å²) in [6.07, 6.45) is -4.38. The van der Waals surface area contributed by atoms with Crippen molar-refractivity contribution in [1.29, 1.82) is 0 Å². The van der Waals surface area contributed by atoms with E-state index >= 15 is 0 Å². The molecule has 1 aliphatic carbocycles. The summed E-state index contributed by atoms with van der Waals surface area (Å²) in [5.41, 5.74) is 2.34. The minimum absolute atomic E-state index is 0.249. The number of carboxylic acid groups (broad SMARTS) is 1. The predicted octanol–water partition coefficient (Wildman–Crippen LogP) is 5.43. The zero-order chi connectivity index (χ0) is 19.1. The molecule has 2 aromatic carbocycles. The number of benzene rings is 2. The fraction of sp³-hybridized carbons (Fsp3) is 0.250. The maximum absolute atomic E-state index is 13.6. The Morgan fingerprint density at radius 2 is 1.88 bits per heavy atom. The summed E-state index contributed by atoms with van der Waals surface area (Å²) < 4.78 is 52.4. The first-order valence-electron chi connectivity index (χ1n) is 8.04.